The molecule has 0 aliphatic carbocycles. The molecule has 0 saturated carbocycles. The van der Waals surface area contributed by atoms with Crippen LogP contribution in [-0.2, 0) is 6.42 Å². The van der Waals surface area contributed by atoms with E-state index in [0.29, 0.717) is 0 Å². The van der Waals surface area contributed by atoms with Crippen molar-refractivity contribution in [2.45, 2.75) is 19.8 Å². The van der Waals surface area contributed by atoms with E-state index in [1.54, 1.807) is 0 Å². The molecule has 0 saturated heterocycles. The molecule has 0 atom stereocenters. The third-order valence-electron chi connectivity index (χ3n) is 5.34. The molecule has 0 heterocycles. The normalized spacial score (nSPS) is 11.7. The monoisotopic (exact) mass is 320 g/mol. The molecule has 0 aromatic heterocycles. The van der Waals surface area contributed by atoms with Crippen LogP contribution in [0.2, 0.25) is 0 Å². The Balaban J connectivity index is 1.87. The van der Waals surface area contributed by atoms with Crippen molar-refractivity contribution in [3.63, 3.8) is 0 Å². The maximum atomic E-state index is 2.35. The van der Waals surface area contributed by atoms with Crippen molar-refractivity contribution >= 4 is 43.1 Å². The van der Waals surface area contributed by atoms with Crippen LogP contribution in [0.4, 0.5) is 0 Å². The summed E-state index contributed by atoms with van der Waals surface area (Å²) in [6.45, 7) is 2.24. The van der Waals surface area contributed by atoms with E-state index in [-0.39, 0.29) is 0 Å². The minimum atomic E-state index is 1.15. The Morgan fingerprint density at radius 3 is 1.84 bits per heavy atom. The van der Waals surface area contributed by atoms with E-state index in [1.807, 2.05) is 0 Å². The number of hydrogen-bond donors (Lipinski definition) is 0. The zero-order valence-corrected chi connectivity index (χ0v) is 14.4. The van der Waals surface area contributed by atoms with Gasteiger partial charge in [0.15, 0.2) is 0 Å². The summed E-state index contributed by atoms with van der Waals surface area (Å²) in [5.74, 6) is 0. The molecule has 0 aliphatic heterocycles. The second-order valence-electron chi connectivity index (χ2n) is 6.91. The fourth-order valence-corrected chi connectivity index (χ4v) is 4.14. The lowest BCUT2D eigenvalue weighted by atomic mass is 9.93. The average Bonchev–Trinajstić information content (AvgIpc) is 2.67. The maximum absolute atomic E-state index is 2.35. The molecule has 0 heteroatoms. The first kappa shape index (κ1) is 14.5. The second-order valence-corrected chi connectivity index (χ2v) is 6.91. The molecule has 5 aromatic carbocycles. The van der Waals surface area contributed by atoms with Gasteiger partial charge in [0, 0.05) is 0 Å². The number of rotatable bonds is 2. The highest BCUT2D eigenvalue weighted by Gasteiger charge is 2.07. The Bertz CT molecular complexity index is 1240. The highest BCUT2D eigenvalue weighted by molar-refractivity contribution is 6.22. The highest BCUT2D eigenvalue weighted by Crippen LogP contribution is 2.34. The van der Waals surface area contributed by atoms with Crippen LogP contribution in [0.1, 0.15) is 18.9 Å². The number of fused-ring (bicyclic) bond motifs is 7. The van der Waals surface area contributed by atoms with Crippen LogP contribution in [-0.4, -0.2) is 0 Å². The lowest BCUT2D eigenvalue weighted by Crippen LogP contribution is -1.85. The van der Waals surface area contributed by atoms with Gasteiger partial charge in [0.2, 0.25) is 0 Å². The quantitative estimate of drug-likeness (QED) is 0.300. The average molecular weight is 320 g/mol. The van der Waals surface area contributed by atoms with Crippen molar-refractivity contribution in [1.29, 1.82) is 0 Å². The summed E-state index contributed by atoms with van der Waals surface area (Å²) in [4.78, 5) is 0. The van der Waals surface area contributed by atoms with E-state index in [4.69, 9.17) is 0 Å². The fourth-order valence-electron chi connectivity index (χ4n) is 4.14. The topological polar surface area (TPSA) is 0 Å². The van der Waals surface area contributed by atoms with Crippen LogP contribution in [0.5, 0.6) is 0 Å². The Labute approximate surface area is 147 Å². The largest absolute Gasteiger partial charge is 0.0651 e. The van der Waals surface area contributed by atoms with Gasteiger partial charge in [0.05, 0.1) is 0 Å². The van der Waals surface area contributed by atoms with E-state index in [0.717, 1.165) is 6.42 Å². The zero-order chi connectivity index (χ0) is 16.8. The smallest absolute Gasteiger partial charge is 0.00987 e. The Kier molecular flexibility index (Phi) is 3.24. The Morgan fingerprint density at radius 2 is 1.08 bits per heavy atom. The lowest BCUT2D eigenvalue weighted by molar-refractivity contribution is 0.924. The molecule has 120 valence electrons. The van der Waals surface area contributed by atoms with E-state index in [2.05, 4.69) is 85.8 Å². The molecule has 0 fully saturated rings. The van der Waals surface area contributed by atoms with Gasteiger partial charge in [-0.15, -0.1) is 0 Å². The van der Waals surface area contributed by atoms with Crippen LogP contribution < -0.4 is 0 Å². The summed E-state index contributed by atoms with van der Waals surface area (Å²) in [5, 5.41) is 10.7. The van der Waals surface area contributed by atoms with Gasteiger partial charge in [-0.1, -0.05) is 92.2 Å². The molecular weight excluding hydrogens is 300 g/mol. The number of benzene rings is 5. The molecule has 25 heavy (non-hydrogen) atoms. The van der Waals surface area contributed by atoms with Gasteiger partial charge in [-0.3, -0.25) is 0 Å². The molecule has 5 aromatic rings. The third kappa shape index (κ3) is 2.21. The van der Waals surface area contributed by atoms with E-state index in [1.165, 1.54) is 55.1 Å². The van der Waals surface area contributed by atoms with Crippen LogP contribution >= 0.6 is 0 Å². The first-order valence-electron chi connectivity index (χ1n) is 9.11. The minimum Gasteiger partial charge on any atom is -0.0651 e. The van der Waals surface area contributed by atoms with Crippen molar-refractivity contribution in [3.8, 4) is 0 Å². The Hall–Kier alpha value is -2.86. The van der Waals surface area contributed by atoms with Crippen molar-refractivity contribution in [2.24, 2.45) is 0 Å². The Morgan fingerprint density at radius 1 is 0.520 bits per heavy atom. The standard InChI is InChI=1S/C25H20/c1-2-5-17-8-11-21-19(16-17)10-13-25-23(21)15-14-22-20-7-4-3-6-18(20)9-12-24(22)25/h3-4,6-16H,2,5H2,1H3. The van der Waals surface area contributed by atoms with Gasteiger partial charge in [-0.05, 0) is 55.1 Å². The lowest BCUT2D eigenvalue weighted by Gasteiger charge is -2.10. The first-order chi connectivity index (χ1) is 12.3. The van der Waals surface area contributed by atoms with Crippen molar-refractivity contribution in [2.75, 3.05) is 0 Å². The van der Waals surface area contributed by atoms with Gasteiger partial charge in [0.25, 0.3) is 0 Å². The predicted octanol–water partition coefficient (Wildman–Crippen LogP) is 7.25. The van der Waals surface area contributed by atoms with Crippen molar-refractivity contribution in [3.05, 3.63) is 84.4 Å². The number of hydrogen-bond acceptors (Lipinski definition) is 0. The van der Waals surface area contributed by atoms with Gasteiger partial charge in [-0.25, -0.2) is 0 Å². The predicted molar refractivity (Wildman–Crippen MR) is 110 cm³/mol. The van der Waals surface area contributed by atoms with E-state index in [9.17, 15) is 0 Å². The highest BCUT2D eigenvalue weighted by atomic mass is 14.1. The van der Waals surface area contributed by atoms with Gasteiger partial charge in [-0.2, -0.15) is 0 Å². The maximum Gasteiger partial charge on any atom is -0.00987 e. The second kappa shape index (κ2) is 5.60. The molecule has 0 spiro atoms. The summed E-state index contributed by atoms with van der Waals surface area (Å²) >= 11 is 0. The summed E-state index contributed by atoms with van der Waals surface area (Å²) in [7, 11) is 0. The van der Waals surface area contributed by atoms with E-state index < -0.39 is 0 Å². The van der Waals surface area contributed by atoms with Crippen molar-refractivity contribution in [1.82, 2.24) is 0 Å². The van der Waals surface area contributed by atoms with Crippen LogP contribution in [0, 0.1) is 0 Å². The third-order valence-corrected chi connectivity index (χ3v) is 5.34. The molecule has 0 aliphatic rings. The summed E-state index contributed by atoms with van der Waals surface area (Å²) in [5.41, 5.74) is 1.43. The fraction of sp³-hybridized carbons (Fsp3) is 0.120. The number of aryl methyl sites for hydroxylation is 1. The SMILES string of the molecule is CCCc1ccc2c(ccc3c2ccc2c4ccccc4ccc23)c1. The summed E-state index contributed by atoms with van der Waals surface area (Å²) < 4.78 is 0. The van der Waals surface area contributed by atoms with Gasteiger partial charge < -0.3 is 0 Å². The molecule has 5 rings (SSSR count). The molecule has 0 unspecified atom stereocenters. The van der Waals surface area contributed by atoms with E-state index >= 15 is 0 Å². The van der Waals surface area contributed by atoms with Gasteiger partial charge in [0.1, 0.15) is 0 Å². The van der Waals surface area contributed by atoms with Crippen LogP contribution in [0.15, 0.2) is 78.9 Å². The molecule has 0 nitrogen and oxygen atoms in total. The van der Waals surface area contributed by atoms with Crippen molar-refractivity contribution < 1.29 is 0 Å². The first-order valence-corrected chi connectivity index (χ1v) is 9.11. The summed E-state index contributed by atoms with van der Waals surface area (Å²) in [6.07, 6.45) is 2.34. The molecule has 0 N–H and O–H groups in total. The van der Waals surface area contributed by atoms with Crippen LogP contribution in [0.3, 0.4) is 0 Å². The molecule has 0 bridgehead atoms. The molecular formula is C25H20. The minimum absolute atomic E-state index is 1.15. The summed E-state index contributed by atoms with van der Waals surface area (Å²) in [6, 6.07) is 29.3. The van der Waals surface area contributed by atoms with Crippen LogP contribution in [0.25, 0.3) is 43.1 Å². The zero-order valence-electron chi connectivity index (χ0n) is 14.4. The molecule has 0 amide bonds. The molecule has 0 radical (unpaired) electrons. The van der Waals surface area contributed by atoms with Gasteiger partial charge >= 0.3 is 0 Å².